The molecule has 0 amide bonds. The summed E-state index contributed by atoms with van der Waals surface area (Å²) in [6.07, 6.45) is 0.310. The Hall–Kier alpha value is -1.88. The van der Waals surface area contributed by atoms with Crippen molar-refractivity contribution >= 4 is 11.9 Å². The van der Waals surface area contributed by atoms with Gasteiger partial charge in [0.2, 0.25) is 0 Å². The van der Waals surface area contributed by atoms with Crippen molar-refractivity contribution in [3.05, 3.63) is 35.4 Å². The Bertz CT molecular complexity index is 494. The summed E-state index contributed by atoms with van der Waals surface area (Å²) < 4.78 is 4.99. The minimum atomic E-state index is -0.933. The number of ether oxygens (including phenoxy) is 1. The van der Waals surface area contributed by atoms with Crippen LogP contribution in [0.25, 0.3) is 0 Å². The van der Waals surface area contributed by atoms with Gasteiger partial charge >= 0.3 is 11.9 Å². The van der Waals surface area contributed by atoms with Gasteiger partial charge in [0.1, 0.15) is 0 Å². The van der Waals surface area contributed by atoms with Gasteiger partial charge in [0.25, 0.3) is 0 Å². The Balaban J connectivity index is 2.68. The maximum atomic E-state index is 11.6. The molecule has 0 spiro atoms. The Morgan fingerprint density at radius 1 is 1.24 bits per heavy atom. The fraction of sp³-hybridized carbons (Fsp3) is 0.500. The van der Waals surface area contributed by atoms with Gasteiger partial charge in [0.15, 0.2) is 0 Å². The predicted octanol–water partition coefficient (Wildman–Crippen LogP) is 2.55. The first-order chi connectivity index (χ1) is 9.76. The van der Waals surface area contributed by atoms with E-state index in [0.717, 1.165) is 5.56 Å². The third-order valence-corrected chi connectivity index (χ3v) is 3.54. The Labute approximate surface area is 125 Å². The number of carboxylic acid groups (broad SMARTS) is 1. The molecule has 0 saturated carbocycles. The highest BCUT2D eigenvalue weighted by Gasteiger charge is 2.27. The van der Waals surface area contributed by atoms with E-state index in [-0.39, 0.29) is 17.1 Å². The fourth-order valence-corrected chi connectivity index (χ4v) is 1.94. The first kappa shape index (κ1) is 17.2. The highest BCUT2D eigenvalue weighted by molar-refractivity contribution is 5.87. The van der Waals surface area contributed by atoms with Crippen molar-refractivity contribution in [2.75, 3.05) is 13.7 Å². The number of benzene rings is 1. The van der Waals surface area contributed by atoms with Gasteiger partial charge in [-0.05, 0) is 45.5 Å². The molecule has 0 radical (unpaired) electrons. The van der Waals surface area contributed by atoms with E-state index < -0.39 is 5.97 Å². The minimum Gasteiger partial charge on any atom is -0.478 e. The molecule has 5 nitrogen and oxygen atoms in total. The second-order valence-corrected chi connectivity index (χ2v) is 5.65. The molecule has 116 valence electrons. The van der Waals surface area contributed by atoms with Crippen LogP contribution in [0.4, 0.5) is 0 Å². The van der Waals surface area contributed by atoms with Crippen LogP contribution in [0.15, 0.2) is 24.3 Å². The molecule has 0 heterocycles. The molecular formula is C16H23NO4. The first-order valence-corrected chi connectivity index (χ1v) is 6.95. The number of rotatable bonds is 7. The van der Waals surface area contributed by atoms with Gasteiger partial charge in [0, 0.05) is 12.1 Å². The quantitative estimate of drug-likeness (QED) is 0.783. The van der Waals surface area contributed by atoms with E-state index in [4.69, 9.17) is 9.84 Å². The van der Waals surface area contributed by atoms with E-state index in [1.54, 1.807) is 31.2 Å². The lowest BCUT2D eigenvalue weighted by Crippen LogP contribution is -2.42. The number of aromatic carboxylic acids is 1. The highest BCUT2D eigenvalue weighted by Crippen LogP contribution is 2.20. The molecule has 21 heavy (non-hydrogen) atoms. The molecule has 1 aromatic carbocycles. The molecule has 0 atom stereocenters. The molecule has 0 bridgehead atoms. The monoisotopic (exact) mass is 293 g/mol. The maximum absolute atomic E-state index is 11.6. The summed E-state index contributed by atoms with van der Waals surface area (Å²) in [5, 5.41) is 8.87. The lowest BCUT2D eigenvalue weighted by molar-refractivity contribution is -0.145. The van der Waals surface area contributed by atoms with Crippen molar-refractivity contribution in [2.45, 2.75) is 39.3 Å². The van der Waals surface area contributed by atoms with Crippen molar-refractivity contribution < 1.29 is 19.4 Å². The lowest BCUT2D eigenvalue weighted by Gasteiger charge is -2.35. The van der Waals surface area contributed by atoms with Crippen LogP contribution >= 0.6 is 0 Å². The van der Waals surface area contributed by atoms with E-state index in [1.165, 1.54) is 0 Å². The molecule has 5 heteroatoms. The van der Waals surface area contributed by atoms with Crippen LogP contribution in [0.5, 0.6) is 0 Å². The van der Waals surface area contributed by atoms with E-state index in [9.17, 15) is 9.59 Å². The third-order valence-electron chi connectivity index (χ3n) is 3.54. The largest absolute Gasteiger partial charge is 0.478 e. The molecule has 0 aliphatic heterocycles. The SMILES string of the molecule is CCOC(=O)CC(C)(C)N(C)Cc1ccc(C(=O)O)cc1. The molecule has 0 unspecified atom stereocenters. The molecule has 0 aliphatic rings. The van der Waals surface area contributed by atoms with Gasteiger partial charge in [0.05, 0.1) is 18.6 Å². The van der Waals surface area contributed by atoms with Crippen LogP contribution < -0.4 is 0 Å². The Kier molecular flexibility index (Phi) is 5.90. The zero-order valence-electron chi connectivity index (χ0n) is 13.0. The zero-order valence-corrected chi connectivity index (χ0v) is 13.0. The van der Waals surface area contributed by atoms with Crippen molar-refractivity contribution in [3.63, 3.8) is 0 Å². The van der Waals surface area contributed by atoms with E-state index in [1.807, 2.05) is 20.9 Å². The third kappa shape index (κ3) is 5.19. The Morgan fingerprint density at radius 2 is 1.81 bits per heavy atom. The van der Waals surface area contributed by atoms with E-state index >= 15 is 0 Å². The number of esters is 1. The van der Waals surface area contributed by atoms with E-state index in [0.29, 0.717) is 19.6 Å². The van der Waals surface area contributed by atoms with Crippen molar-refractivity contribution in [1.82, 2.24) is 4.90 Å². The summed E-state index contributed by atoms with van der Waals surface area (Å²) in [5.41, 5.74) is 0.934. The first-order valence-electron chi connectivity index (χ1n) is 6.95. The second-order valence-electron chi connectivity index (χ2n) is 5.65. The van der Waals surface area contributed by atoms with Gasteiger partial charge < -0.3 is 9.84 Å². The van der Waals surface area contributed by atoms with Crippen LogP contribution in [0.2, 0.25) is 0 Å². The summed E-state index contributed by atoms with van der Waals surface area (Å²) in [6.45, 7) is 6.77. The molecule has 0 fully saturated rings. The predicted molar refractivity (Wildman–Crippen MR) is 80.2 cm³/mol. The minimum absolute atomic E-state index is 0.212. The average Bonchev–Trinajstić information content (AvgIpc) is 2.38. The molecule has 1 aromatic rings. The molecule has 0 saturated heterocycles. The van der Waals surface area contributed by atoms with Crippen LogP contribution in [0.3, 0.4) is 0 Å². The van der Waals surface area contributed by atoms with E-state index in [2.05, 4.69) is 4.90 Å². The van der Waals surface area contributed by atoms with Crippen molar-refractivity contribution in [2.24, 2.45) is 0 Å². The number of hydrogen-bond donors (Lipinski definition) is 1. The maximum Gasteiger partial charge on any atom is 0.335 e. The summed E-state index contributed by atoms with van der Waals surface area (Å²) in [7, 11) is 1.93. The topological polar surface area (TPSA) is 66.8 Å². The van der Waals surface area contributed by atoms with Gasteiger partial charge in [-0.2, -0.15) is 0 Å². The van der Waals surface area contributed by atoms with Crippen molar-refractivity contribution in [1.29, 1.82) is 0 Å². The summed E-state index contributed by atoms with van der Waals surface area (Å²) in [6, 6.07) is 6.76. The van der Waals surface area contributed by atoms with Crippen LogP contribution in [0.1, 0.15) is 43.1 Å². The number of hydrogen-bond acceptors (Lipinski definition) is 4. The second kappa shape index (κ2) is 7.22. The van der Waals surface area contributed by atoms with Gasteiger partial charge in [-0.3, -0.25) is 9.69 Å². The average molecular weight is 293 g/mol. The fourth-order valence-electron chi connectivity index (χ4n) is 1.94. The smallest absolute Gasteiger partial charge is 0.335 e. The number of nitrogens with zero attached hydrogens (tertiary/aromatic N) is 1. The molecule has 1 rings (SSSR count). The van der Waals surface area contributed by atoms with Gasteiger partial charge in [-0.1, -0.05) is 12.1 Å². The summed E-state index contributed by atoms with van der Waals surface area (Å²) in [4.78, 5) is 24.5. The number of carbonyl (C=O) groups is 2. The molecule has 1 N–H and O–H groups in total. The van der Waals surface area contributed by atoms with Crippen molar-refractivity contribution in [3.8, 4) is 0 Å². The normalized spacial score (nSPS) is 11.5. The molecular weight excluding hydrogens is 270 g/mol. The number of carboxylic acids is 1. The summed E-state index contributed by atoms with van der Waals surface area (Å²) in [5.74, 6) is -1.15. The standard InChI is InChI=1S/C16H23NO4/c1-5-21-14(18)10-16(2,3)17(4)11-12-6-8-13(9-7-12)15(19)20/h6-9H,5,10-11H2,1-4H3,(H,19,20). The molecule has 0 aliphatic carbocycles. The van der Waals surface area contributed by atoms with Gasteiger partial charge in [-0.15, -0.1) is 0 Å². The van der Waals surface area contributed by atoms with Crippen LogP contribution in [0, 0.1) is 0 Å². The lowest BCUT2D eigenvalue weighted by atomic mass is 9.98. The molecule has 0 aromatic heterocycles. The summed E-state index contributed by atoms with van der Waals surface area (Å²) >= 11 is 0. The number of carbonyl (C=O) groups excluding carboxylic acids is 1. The van der Waals surface area contributed by atoms with Gasteiger partial charge in [-0.25, -0.2) is 4.79 Å². The highest BCUT2D eigenvalue weighted by atomic mass is 16.5. The van der Waals surface area contributed by atoms with Crippen LogP contribution in [-0.2, 0) is 16.1 Å². The Morgan fingerprint density at radius 3 is 2.29 bits per heavy atom. The zero-order chi connectivity index (χ0) is 16.0. The van der Waals surface area contributed by atoms with Crippen LogP contribution in [-0.4, -0.2) is 41.1 Å².